The number of piperazine rings is 1. The fraction of sp³-hybridized carbons (Fsp3) is 0.647. The first-order valence-corrected chi connectivity index (χ1v) is 8.34. The second-order valence-corrected chi connectivity index (χ2v) is 6.29. The van der Waals surface area contributed by atoms with Crippen LogP contribution in [0.4, 0.5) is 0 Å². The van der Waals surface area contributed by atoms with Crippen LogP contribution in [0.15, 0.2) is 18.2 Å². The Balaban J connectivity index is 1.63. The monoisotopic (exact) mass is 304 g/mol. The maximum absolute atomic E-state index is 5.59. The Morgan fingerprint density at radius 1 is 1.05 bits per heavy atom. The zero-order valence-electron chi connectivity index (χ0n) is 12.9. The first kappa shape index (κ1) is 14.3. The summed E-state index contributed by atoms with van der Waals surface area (Å²) in [6.07, 6.45) is 2.28. The molecule has 0 unspecified atom stereocenters. The largest absolute Gasteiger partial charge is 0.454 e. The van der Waals surface area contributed by atoms with Crippen LogP contribution in [0.1, 0.15) is 24.4 Å². The lowest BCUT2D eigenvalue weighted by molar-refractivity contribution is 0.0212. The molecule has 3 aliphatic rings. The molecule has 0 bridgehead atoms. The second kappa shape index (κ2) is 6.44. The third-order valence-corrected chi connectivity index (χ3v) is 5.00. The highest BCUT2D eigenvalue weighted by atomic mass is 16.7. The molecule has 1 N–H and O–H groups in total. The van der Waals surface area contributed by atoms with Crippen LogP contribution in [-0.2, 0) is 4.74 Å². The molecule has 0 aromatic heterocycles. The highest BCUT2D eigenvalue weighted by Crippen LogP contribution is 2.40. The molecule has 3 heterocycles. The third kappa shape index (κ3) is 2.81. The summed E-state index contributed by atoms with van der Waals surface area (Å²) in [6.45, 7) is 6.48. The van der Waals surface area contributed by atoms with Gasteiger partial charge < -0.3 is 19.5 Å². The van der Waals surface area contributed by atoms with E-state index in [1.165, 1.54) is 5.56 Å². The average Bonchev–Trinajstić information content (AvgIpc) is 3.05. The number of nitrogens with zero attached hydrogens (tertiary/aromatic N) is 1. The Hall–Kier alpha value is -1.30. The van der Waals surface area contributed by atoms with Crippen LogP contribution < -0.4 is 14.8 Å². The van der Waals surface area contributed by atoms with Crippen molar-refractivity contribution in [1.29, 1.82) is 0 Å². The molecule has 5 heteroatoms. The van der Waals surface area contributed by atoms with Crippen molar-refractivity contribution in [2.24, 2.45) is 5.92 Å². The van der Waals surface area contributed by atoms with Crippen molar-refractivity contribution in [3.63, 3.8) is 0 Å². The minimum absolute atomic E-state index is 0.342. The number of nitrogens with one attached hydrogen (secondary N) is 1. The van der Waals surface area contributed by atoms with Gasteiger partial charge in [-0.3, -0.25) is 4.90 Å². The maximum Gasteiger partial charge on any atom is 0.231 e. The molecule has 0 saturated carbocycles. The molecule has 2 fully saturated rings. The number of hydrogen-bond acceptors (Lipinski definition) is 5. The summed E-state index contributed by atoms with van der Waals surface area (Å²) in [5.41, 5.74) is 1.36. The van der Waals surface area contributed by atoms with E-state index in [0.29, 0.717) is 18.8 Å². The Kier molecular flexibility index (Phi) is 4.19. The van der Waals surface area contributed by atoms with E-state index in [4.69, 9.17) is 14.2 Å². The third-order valence-electron chi connectivity index (χ3n) is 5.00. The van der Waals surface area contributed by atoms with Gasteiger partial charge in [0.05, 0.1) is 0 Å². The molecule has 0 spiro atoms. The van der Waals surface area contributed by atoms with Crippen LogP contribution in [0.5, 0.6) is 11.5 Å². The van der Waals surface area contributed by atoms with Gasteiger partial charge in [-0.1, -0.05) is 6.07 Å². The van der Waals surface area contributed by atoms with Gasteiger partial charge in [-0.25, -0.2) is 0 Å². The Bertz CT molecular complexity index is 493. The number of ether oxygens (including phenoxy) is 3. The van der Waals surface area contributed by atoms with Gasteiger partial charge in [0.1, 0.15) is 0 Å². The summed E-state index contributed by atoms with van der Waals surface area (Å²) in [5, 5.41) is 3.45. The molecular weight excluding hydrogens is 280 g/mol. The summed E-state index contributed by atoms with van der Waals surface area (Å²) < 4.78 is 16.6. The molecule has 120 valence electrons. The van der Waals surface area contributed by atoms with E-state index in [0.717, 1.165) is 63.7 Å². The minimum Gasteiger partial charge on any atom is -0.454 e. The lowest BCUT2D eigenvalue weighted by atomic mass is 9.85. The normalized spacial score (nSPS) is 24.4. The average molecular weight is 304 g/mol. The van der Waals surface area contributed by atoms with Crippen molar-refractivity contribution >= 4 is 0 Å². The van der Waals surface area contributed by atoms with Gasteiger partial charge in [-0.15, -0.1) is 0 Å². The van der Waals surface area contributed by atoms with Crippen molar-refractivity contribution < 1.29 is 14.2 Å². The SMILES string of the molecule is c1cc2c(cc1[C@@H](C1CCOCC1)N1CCNCC1)OCO2. The fourth-order valence-corrected chi connectivity index (χ4v) is 3.87. The summed E-state index contributed by atoms with van der Waals surface area (Å²) in [5.74, 6) is 2.42. The summed E-state index contributed by atoms with van der Waals surface area (Å²) >= 11 is 0. The number of rotatable bonds is 3. The topological polar surface area (TPSA) is 43.0 Å². The van der Waals surface area contributed by atoms with Gasteiger partial charge in [0.25, 0.3) is 0 Å². The van der Waals surface area contributed by atoms with E-state index < -0.39 is 0 Å². The molecule has 22 heavy (non-hydrogen) atoms. The standard InChI is InChI=1S/C17H24N2O3/c1-2-15-16(22-12-21-15)11-14(1)17(13-3-9-20-10-4-13)19-7-5-18-6-8-19/h1-2,11,13,17-18H,3-10,12H2/t17-/m1/s1. The first-order chi connectivity index (χ1) is 10.9. The Morgan fingerprint density at radius 2 is 1.82 bits per heavy atom. The van der Waals surface area contributed by atoms with Crippen LogP contribution in [0.25, 0.3) is 0 Å². The van der Waals surface area contributed by atoms with Gasteiger partial charge in [0.15, 0.2) is 11.5 Å². The van der Waals surface area contributed by atoms with Gasteiger partial charge in [0.2, 0.25) is 6.79 Å². The quantitative estimate of drug-likeness (QED) is 0.922. The van der Waals surface area contributed by atoms with Crippen LogP contribution in [-0.4, -0.2) is 51.1 Å². The molecule has 1 atom stereocenters. The van der Waals surface area contributed by atoms with Crippen LogP contribution >= 0.6 is 0 Å². The predicted octanol–water partition coefficient (Wildman–Crippen LogP) is 1.79. The van der Waals surface area contributed by atoms with Gasteiger partial charge in [-0.2, -0.15) is 0 Å². The number of hydrogen-bond donors (Lipinski definition) is 1. The van der Waals surface area contributed by atoms with Crippen molar-refractivity contribution in [3.8, 4) is 11.5 Å². The zero-order valence-corrected chi connectivity index (χ0v) is 12.9. The lowest BCUT2D eigenvalue weighted by Gasteiger charge is -2.41. The van der Waals surface area contributed by atoms with Crippen LogP contribution in [0.3, 0.4) is 0 Å². The highest BCUT2D eigenvalue weighted by molar-refractivity contribution is 5.45. The van der Waals surface area contributed by atoms with Crippen LogP contribution in [0.2, 0.25) is 0 Å². The zero-order chi connectivity index (χ0) is 14.8. The Labute approximate surface area is 131 Å². The van der Waals surface area contributed by atoms with Crippen molar-refractivity contribution in [1.82, 2.24) is 10.2 Å². The second-order valence-electron chi connectivity index (χ2n) is 6.29. The predicted molar refractivity (Wildman–Crippen MR) is 83.3 cm³/mol. The molecule has 0 aliphatic carbocycles. The molecule has 4 rings (SSSR count). The number of benzene rings is 1. The van der Waals surface area contributed by atoms with Crippen molar-refractivity contribution in [3.05, 3.63) is 23.8 Å². The molecule has 5 nitrogen and oxygen atoms in total. The van der Waals surface area contributed by atoms with E-state index >= 15 is 0 Å². The van der Waals surface area contributed by atoms with Gasteiger partial charge in [-0.05, 0) is 36.5 Å². The molecule has 1 aromatic rings. The van der Waals surface area contributed by atoms with Crippen LogP contribution in [0, 0.1) is 5.92 Å². The minimum atomic E-state index is 0.342. The molecular formula is C17H24N2O3. The Morgan fingerprint density at radius 3 is 2.64 bits per heavy atom. The highest BCUT2D eigenvalue weighted by Gasteiger charge is 2.32. The van der Waals surface area contributed by atoms with Crippen molar-refractivity contribution in [2.75, 3.05) is 46.2 Å². The van der Waals surface area contributed by atoms with E-state index in [-0.39, 0.29) is 0 Å². The summed E-state index contributed by atoms with van der Waals surface area (Å²) in [4.78, 5) is 2.63. The molecule has 2 saturated heterocycles. The molecule has 0 amide bonds. The van der Waals surface area contributed by atoms with Gasteiger partial charge >= 0.3 is 0 Å². The smallest absolute Gasteiger partial charge is 0.231 e. The molecule has 1 aromatic carbocycles. The molecule has 0 radical (unpaired) electrons. The number of fused-ring (bicyclic) bond motifs is 1. The van der Waals surface area contributed by atoms with Gasteiger partial charge in [0, 0.05) is 45.4 Å². The van der Waals surface area contributed by atoms with E-state index in [1.54, 1.807) is 0 Å². The van der Waals surface area contributed by atoms with E-state index in [1.807, 2.05) is 0 Å². The summed E-state index contributed by atoms with van der Waals surface area (Å²) in [6, 6.07) is 6.92. The fourth-order valence-electron chi connectivity index (χ4n) is 3.87. The lowest BCUT2D eigenvalue weighted by Crippen LogP contribution is -2.47. The maximum atomic E-state index is 5.59. The molecule has 3 aliphatic heterocycles. The first-order valence-electron chi connectivity index (χ1n) is 8.34. The van der Waals surface area contributed by atoms with E-state index in [9.17, 15) is 0 Å². The van der Waals surface area contributed by atoms with Crippen molar-refractivity contribution in [2.45, 2.75) is 18.9 Å². The summed E-state index contributed by atoms with van der Waals surface area (Å²) in [7, 11) is 0. The van der Waals surface area contributed by atoms with E-state index in [2.05, 4.69) is 28.4 Å².